The van der Waals surface area contributed by atoms with E-state index >= 15 is 0 Å². The van der Waals surface area contributed by atoms with Gasteiger partial charge in [-0.25, -0.2) is 0 Å². The van der Waals surface area contributed by atoms with E-state index in [4.69, 9.17) is 0 Å². The van der Waals surface area contributed by atoms with Gasteiger partial charge in [0.15, 0.2) is 0 Å². The summed E-state index contributed by atoms with van der Waals surface area (Å²) in [4.78, 5) is 0. The third-order valence-electron chi connectivity index (χ3n) is 0. The molecule has 0 atom stereocenters. The van der Waals surface area contributed by atoms with Crippen LogP contribution in [0.5, 0.6) is 0 Å². The summed E-state index contributed by atoms with van der Waals surface area (Å²) in [7, 11) is 0. The summed E-state index contributed by atoms with van der Waals surface area (Å²) >= 11 is 0. The summed E-state index contributed by atoms with van der Waals surface area (Å²) in [6, 6.07) is 0. The standard InChI is InChI=1S/2Na.3H2O.S/h;;3*1H2;/q2*+1;;;;-2. The van der Waals surface area contributed by atoms with E-state index in [1.165, 1.54) is 0 Å². The molecule has 0 unspecified atom stereocenters. The SMILES string of the molecule is O.O.O.[Na+].[Na+].[S-2]. The topological polar surface area (TPSA) is 94.5 Å². The van der Waals surface area contributed by atoms with Crippen LogP contribution in [0.15, 0.2) is 0 Å². The molecule has 6 heteroatoms. The molecule has 0 bridgehead atoms. The molecule has 6 N–H and O–H groups in total. The maximum Gasteiger partial charge on any atom is 1.00 e. The number of hydrogen-bond acceptors (Lipinski definition) is 0. The van der Waals surface area contributed by atoms with E-state index in [0.717, 1.165) is 0 Å². The first-order valence-electron chi connectivity index (χ1n) is 0. The van der Waals surface area contributed by atoms with E-state index in [9.17, 15) is 0 Å². The van der Waals surface area contributed by atoms with Crippen molar-refractivity contribution in [3.05, 3.63) is 0 Å². The Labute approximate surface area is 87.8 Å². The molecule has 0 radical (unpaired) electrons. The van der Waals surface area contributed by atoms with E-state index in [-0.39, 0.29) is 89.0 Å². The summed E-state index contributed by atoms with van der Waals surface area (Å²) in [6.07, 6.45) is 0. The van der Waals surface area contributed by atoms with Gasteiger partial charge in [-0.3, -0.25) is 0 Å². The second-order valence-corrected chi connectivity index (χ2v) is 0. The van der Waals surface area contributed by atoms with Crippen molar-refractivity contribution in [1.29, 1.82) is 0 Å². The first-order valence-corrected chi connectivity index (χ1v) is 0. The summed E-state index contributed by atoms with van der Waals surface area (Å²) in [5, 5.41) is 0. The molecule has 32 valence electrons. The van der Waals surface area contributed by atoms with Gasteiger partial charge in [0.25, 0.3) is 0 Å². The Hall–Kier alpha value is 2.23. The zero-order valence-electron chi connectivity index (χ0n) is 3.91. The molecule has 0 spiro atoms. The van der Waals surface area contributed by atoms with Crippen molar-refractivity contribution < 1.29 is 75.5 Å². The van der Waals surface area contributed by atoms with E-state index in [2.05, 4.69) is 0 Å². The Balaban J connectivity index is 0. The summed E-state index contributed by atoms with van der Waals surface area (Å²) in [5.74, 6) is 0. The first kappa shape index (κ1) is 86.5. The molecule has 0 aromatic carbocycles. The van der Waals surface area contributed by atoms with E-state index in [1.807, 2.05) is 0 Å². The maximum atomic E-state index is 0. The van der Waals surface area contributed by atoms with Crippen LogP contribution in [-0.4, -0.2) is 16.4 Å². The summed E-state index contributed by atoms with van der Waals surface area (Å²) in [6.45, 7) is 0. The van der Waals surface area contributed by atoms with Crippen LogP contribution in [-0.2, 0) is 13.5 Å². The van der Waals surface area contributed by atoms with Crippen LogP contribution in [0.1, 0.15) is 0 Å². The Kier molecular flexibility index (Phi) is 814. The van der Waals surface area contributed by atoms with Crippen molar-refractivity contribution in [2.45, 2.75) is 0 Å². The molecule has 0 aliphatic rings. The Bertz CT molecular complexity index is 8.75. The van der Waals surface area contributed by atoms with Crippen molar-refractivity contribution in [3.8, 4) is 0 Å². The smallest absolute Gasteiger partial charge is 1.00 e. The minimum Gasteiger partial charge on any atom is -2.00 e. The normalized spacial score (nSPS) is 0. The largest absolute Gasteiger partial charge is 2.00 e. The molecule has 0 fully saturated rings. The summed E-state index contributed by atoms with van der Waals surface area (Å²) in [5.41, 5.74) is 0. The van der Waals surface area contributed by atoms with Gasteiger partial charge < -0.3 is 29.9 Å². The van der Waals surface area contributed by atoms with Gasteiger partial charge in [0.05, 0.1) is 0 Å². The fourth-order valence-corrected chi connectivity index (χ4v) is 0. The van der Waals surface area contributed by atoms with Crippen LogP contribution < -0.4 is 59.1 Å². The molecular formula is H6Na2O3S. The first-order chi connectivity index (χ1) is 0. The third-order valence-corrected chi connectivity index (χ3v) is 0. The van der Waals surface area contributed by atoms with Crippen LogP contribution in [0.3, 0.4) is 0 Å². The fourth-order valence-electron chi connectivity index (χ4n) is 0. The van der Waals surface area contributed by atoms with Crippen LogP contribution in [0, 0.1) is 0 Å². The molecule has 0 aromatic rings. The number of hydrogen-bond donors (Lipinski definition) is 0. The second kappa shape index (κ2) is 56.4. The molecule has 3 nitrogen and oxygen atoms in total. The molecule has 0 saturated heterocycles. The van der Waals surface area contributed by atoms with Crippen LogP contribution in [0.2, 0.25) is 0 Å². The Morgan fingerprint density at radius 3 is 0.500 bits per heavy atom. The average Bonchev–Trinajstić information content (AvgIpc) is 0. The Morgan fingerprint density at radius 1 is 0.500 bits per heavy atom. The zero-order chi connectivity index (χ0) is 0. The van der Waals surface area contributed by atoms with Gasteiger partial charge in [-0.15, -0.1) is 0 Å². The molecule has 0 aliphatic heterocycles. The van der Waals surface area contributed by atoms with Crippen LogP contribution in [0.4, 0.5) is 0 Å². The molecular weight excluding hydrogens is 126 g/mol. The second-order valence-electron chi connectivity index (χ2n) is 0. The average molecular weight is 132 g/mol. The van der Waals surface area contributed by atoms with E-state index in [0.29, 0.717) is 0 Å². The van der Waals surface area contributed by atoms with Crippen molar-refractivity contribution >= 4 is 13.5 Å². The van der Waals surface area contributed by atoms with Crippen molar-refractivity contribution in [2.75, 3.05) is 0 Å². The fraction of sp³-hybridized carbons (Fsp3) is 0. The molecule has 0 amide bonds. The van der Waals surface area contributed by atoms with Gasteiger partial charge in [0.2, 0.25) is 0 Å². The number of rotatable bonds is 0. The van der Waals surface area contributed by atoms with Gasteiger partial charge >= 0.3 is 59.1 Å². The minimum atomic E-state index is 0. The molecule has 0 aliphatic carbocycles. The zero-order valence-corrected chi connectivity index (χ0v) is 8.72. The van der Waals surface area contributed by atoms with Crippen LogP contribution >= 0.6 is 0 Å². The van der Waals surface area contributed by atoms with Crippen molar-refractivity contribution in [3.63, 3.8) is 0 Å². The molecule has 6 heavy (non-hydrogen) atoms. The predicted molar refractivity (Wildman–Crippen MR) is 18.2 cm³/mol. The molecule has 0 saturated carbocycles. The van der Waals surface area contributed by atoms with Gasteiger partial charge in [0, 0.05) is 0 Å². The molecule has 0 rings (SSSR count). The molecule has 0 aromatic heterocycles. The van der Waals surface area contributed by atoms with Gasteiger partial charge in [-0.2, -0.15) is 0 Å². The van der Waals surface area contributed by atoms with Gasteiger partial charge in [-0.05, 0) is 0 Å². The molecule has 0 heterocycles. The maximum absolute atomic E-state index is 0. The van der Waals surface area contributed by atoms with Gasteiger partial charge in [-0.1, -0.05) is 0 Å². The van der Waals surface area contributed by atoms with Crippen LogP contribution in [0.25, 0.3) is 0 Å². The monoisotopic (exact) mass is 132 g/mol. The van der Waals surface area contributed by atoms with Crippen molar-refractivity contribution in [2.24, 2.45) is 0 Å². The Morgan fingerprint density at radius 2 is 0.500 bits per heavy atom. The third kappa shape index (κ3) is 34.3. The van der Waals surface area contributed by atoms with E-state index in [1.54, 1.807) is 0 Å². The van der Waals surface area contributed by atoms with Gasteiger partial charge in [0.1, 0.15) is 0 Å². The minimum absolute atomic E-state index is 0. The van der Waals surface area contributed by atoms with E-state index < -0.39 is 0 Å². The summed E-state index contributed by atoms with van der Waals surface area (Å²) < 4.78 is 0. The predicted octanol–water partition coefficient (Wildman–Crippen LogP) is -8.47. The quantitative estimate of drug-likeness (QED) is 0.293. The van der Waals surface area contributed by atoms with Crippen molar-refractivity contribution in [1.82, 2.24) is 0 Å².